The van der Waals surface area contributed by atoms with Crippen LogP contribution in [0, 0.1) is 0 Å². The Kier molecular flexibility index (Phi) is 2.98. The zero-order valence-electron chi connectivity index (χ0n) is 9.99. The molecular weight excluding hydrogens is 230 g/mol. The van der Waals surface area contributed by atoms with Gasteiger partial charge in [-0.3, -0.25) is 0 Å². The Balaban J connectivity index is 1.86. The molecule has 0 fully saturated rings. The molecule has 0 aliphatic carbocycles. The highest BCUT2D eigenvalue weighted by Crippen LogP contribution is 2.34. The largest absolute Gasteiger partial charge is 0.493 e. The van der Waals surface area contributed by atoms with Gasteiger partial charge in [0.15, 0.2) is 5.82 Å². The lowest BCUT2D eigenvalue weighted by atomic mass is 9.93. The van der Waals surface area contributed by atoms with E-state index in [2.05, 4.69) is 16.1 Å². The molecule has 3 rings (SSSR count). The molecule has 18 heavy (non-hydrogen) atoms. The van der Waals surface area contributed by atoms with Crippen molar-refractivity contribution < 1.29 is 9.84 Å². The summed E-state index contributed by atoms with van der Waals surface area (Å²) >= 11 is 0. The second kappa shape index (κ2) is 4.78. The molecule has 5 nitrogen and oxygen atoms in total. The minimum atomic E-state index is -0.0785. The molecule has 1 aromatic heterocycles. The van der Waals surface area contributed by atoms with Gasteiger partial charge in [-0.25, -0.2) is 9.67 Å². The first-order valence-electron chi connectivity index (χ1n) is 6.07. The third-order valence-corrected chi connectivity index (χ3v) is 3.31. The van der Waals surface area contributed by atoms with Crippen LogP contribution in [0.4, 0.5) is 0 Å². The van der Waals surface area contributed by atoms with Crippen molar-refractivity contribution in [2.24, 2.45) is 0 Å². The zero-order valence-corrected chi connectivity index (χ0v) is 9.99. The van der Waals surface area contributed by atoms with E-state index in [1.807, 2.05) is 18.2 Å². The van der Waals surface area contributed by atoms with E-state index in [4.69, 9.17) is 4.74 Å². The van der Waals surface area contributed by atoms with Crippen LogP contribution in [0.3, 0.4) is 0 Å². The Morgan fingerprint density at radius 3 is 3.17 bits per heavy atom. The van der Waals surface area contributed by atoms with E-state index in [0.29, 0.717) is 11.7 Å². The number of aromatic nitrogens is 3. The Hall–Kier alpha value is -1.88. The average molecular weight is 245 g/mol. The fraction of sp³-hybridized carbons (Fsp3) is 0.385. The van der Waals surface area contributed by atoms with E-state index in [-0.39, 0.29) is 6.61 Å². The predicted octanol–water partition coefficient (Wildman–Crippen LogP) is 1.34. The van der Waals surface area contributed by atoms with Crippen LogP contribution in [0.1, 0.15) is 23.7 Å². The second-order valence-electron chi connectivity index (χ2n) is 4.39. The van der Waals surface area contributed by atoms with Gasteiger partial charge >= 0.3 is 0 Å². The number of nitrogens with zero attached hydrogens (tertiary/aromatic N) is 3. The summed E-state index contributed by atoms with van der Waals surface area (Å²) in [4.78, 5) is 4.03. The lowest BCUT2D eigenvalue weighted by Gasteiger charge is -2.25. The SMILES string of the molecule is OCc1ncnn1CC1CCOc2ccccc21. The standard InChI is InChI=1S/C13H15N3O2/c17-8-13-14-9-15-16(13)7-10-5-6-18-12-4-2-1-3-11(10)12/h1-4,9-10,17H,5-8H2. The fourth-order valence-electron chi connectivity index (χ4n) is 2.38. The molecule has 2 heterocycles. The lowest BCUT2D eigenvalue weighted by molar-refractivity contribution is 0.242. The van der Waals surface area contributed by atoms with Gasteiger partial charge in [0.2, 0.25) is 0 Å². The number of para-hydroxylation sites is 1. The molecule has 0 radical (unpaired) electrons. The molecule has 2 aromatic rings. The predicted molar refractivity (Wildman–Crippen MR) is 65.2 cm³/mol. The van der Waals surface area contributed by atoms with Gasteiger partial charge in [0, 0.05) is 5.92 Å². The Morgan fingerprint density at radius 2 is 2.28 bits per heavy atom. The van der Waals surface area contributed by atoms with Crippen molar-refractivity contribution in [1.29, 1.82) is 0 Å². The van der Waals surface area contributed by atoms with Crippen molar-refractivity contribution in [2.75, 3.05) is 6.61 Å². The van der Waals surface area contributed by atoms with Crippen LogP contribution in [0.2, 0.25) is 0 Å². The van der Waals surface area contributed by atoms with Gasteiger partial charge in [-0.15, -0.1) is 0 Å². The number of benzene rings is 1. The summed E-state index contributed by atoms with van der Waals surface area (Å²) in [6, 6.07) is 8.09. The van der Waals surface area contributed by atoms with E-state index in [1.165, 1.54) is 11.9 Å². The van der Waals surface area contributed by atoms with Crippen LogP contribution in [0.25, 0.3) is 0 Å². The van der Waals surface area contributed by atoms with Crippen molar-refractivity contribution in [1.82, 2.24) is 14.8 Å². The van der Waals surface area contributed by atoms with Gasteiger partial charge in [0.1, 0.15) is 18.7 Å². The van der Waals surface area contributed by atoms with Crippen molar-refractivity contribution in [3.8, 4) is 5.75 Å². The minimum Gasteiger partial charge on any atom is -0.493 e. The molecule has 0 amide bonds. The van der Waals surface area contributed by atoms with Crippen LogP contribution in [0.5, 0.6) is 5.75 Å². The minimum absolute atomic E-state index is 0.0785. The molecule has 1 unspecified atom stereocenters. The molecular formula is C13H15N3O2. The molecule has 1 N–H and O–H groups in total. The van der Waals surface area contributed by atoms with E-state index < -0.39 is 0 Å². The summed E-state index contributed by atoms with van der Waals surface area (Å²) < 4.78 is 7.41. The van der Waals surface area contributed by atoms with E-state index >= 15 is 0 Å². The molecule has 0 bridgehead atoms. The van der Waals surface area contributed by atoms with Crippen LogP contribution in [-0.2, 0) is 13.2 Å². The molecule has 1 aliphatic heterocycles. The Morgan fingerprint density at radius 1 is 1.39 bits per heavy atom. The van der Waals surface area contributed by atoms with Crippen LogP contribution < -0.4 is 4.74 Å². The molecule has 5 heteroatoms. The highest BCUT2D eigenvalue weighted by atomic mass is 16.5. The monoisotopic (exact) mass is 245 g/mol. The number of aliphatic hydroxyl groups excluding tert-OH is 1. The second-order valence-corrected chi connectivity index (χ2v) is 4.39. The average Bonchev–Trinajstić information content (AvgIpc) is 2.86. The number of ether oxygens (including phenoxy) is 1. The Labute approximate surface area is 105 Å². The van der Waals surface area contributed by atoms with Gasteiger partial charge < -0.3 is 9.84 Å². The molecule has 0 saturated heterocycles. The van der Waals surface area contributed by atoms with E-state index in [0.717, 1.165) is 25.3 Å². The van der Waals surface area contributed by atoms with Crippen molar-refractivity contribution in [3.05, 3.63) is 42.0 Å². The van der Waals surface area contributed by atoms with Gasteiger partial charge in [-0.1, -0.05) is 18.2 Å². The molecule has 1 aliphatic rings. The summed E-state index contributed by atoms with van der Waals surface area (Å²) in [5, 5.41) is 13.3. The van der Waals surface area contributed by atoms with Gasteiger partial charge in [-0.05, 0) is 18.1 Å². The number of aliphatic hydroxyl groups is 1. The fourth-order valence-corrected chi connectivity index (χ4v) is 2.38. The highest BCUT2D eigenvalue weighted by Gasteiger charge is 2.22. The van der Waals surface area contributed by atoms with Crippen LogP contribution >= 0.6 is 0 Å². The maximum Gasteiger partial charge on any atom is 0.152 e. The number of fused-ring (bicyclic) bond motifs is 1. The number of hydrogen-bond donors (Lipinski definition) is 1. The van der Waals surface area contributed by atoms with Crippen LogP contribution in [0.15, 0.2) is 30.6 Å². The number of rotatable bonds is 3. The smallest absolute Gasteiger partial charge is 0.152 e. The molecule has 1 aromatic carbocycles. The van der Waals surface area contributed by atoms with E-state index in [9.17, 15) is 5.11 Å². The molecule has 0 saturated carbocycles. The van der Waals surface area contributed by atoms with Crippen molar-refractivity contribution >= 4 is 0 Å². The van der Waals surface area contributed by atoms with Crippen molar-refractivity contribution in [2.45, 2.75) is 25.5 Å². The molecule has 94 valence electrons. The quantitative estimate of drug-likeness (QED) is 0.886. The molecule has 0 spiro atoms. The first-order chi connectivity index (χ1) is 8.88. The zero-order chi connectivity index (χ0) is 12.4. The first kappa shape index (κ1) is 11.2. The van der Waals surface area contributed by atoms with E-state index in [1.54, 1.807) is 4.68 Å². The summed E-state index contributed by atoms with van der Waals surface area (Å²) in [5.74, 6) is 1.93. The maximum absolute atomic E-state index is 9.18. The lowest BCUT2D eigenvalue weighted by Crippen LogP contribution is -2.20. The normalized spacial score (nSPS) is 18.2. The maximum atomic E-state index is 9.18. The number of hydrogen-bond acceptors (Lipinski definition) is 4. The summed E-state index contributed by atoms with van der Waals surface area (Å²) in [6.45, 7) is 1.38. The van der Waals surface area contributed by atoms with Gasteiger partial charge in [-0.2, -0.15) is 5.10 Å². The van der Waals surface area contributed by atoms with Crippen molar-refractivity contribution in [3.63, 3.8) is 0 Å². The molecule has 1 atom stereocenters. The summed E-state index contributed by atoms with van der Waals surface area (Å²) in [6.07, 6.45) is 2.44. The third kappa shape index (κ3) is 1.97. The Bertz CT molecular complexity index is 539. The first-order valence-corrected chi connectivity index (χ1v) is 6.07. The van der Waals surface area contributed by atoms with Crippen LogP contribution in [-0.4, -0.2) is 26.5 Å². The summed E-state index contributed by atoms with van der Waals surface area (Å²) in [5.41, 5.74) is 1.21. The van der Waals surface area contributed by atoms with Gasteiger partial charge in [0.25, 0.3) is 0 Å². The highest BCUT2D eigenvalue weighted by molar-refractivity contribution is 5.37. The topological polar surface area (TPSA) is 60.2 Å². The third-order valence-electron chi connectivity index (χ3n) is 3.31. The summed E-state index contributed by atoms with van der Waals surface area (Å²) in [7, 11) is 0. The van der Waals surface area contributed by atoms with Gasteiger partial charge in [0.05, 0.1) is 13.2 Å².